The molecule has 0 saturated carbocycles. The SMILES string of the molecule is CCCCN(CC(N)=O)C(=O)c1cc(C)nc(Cl)c1. The molecule has 0 atom stereocenters. The standard InChI is InChI=1S/C13H18ClN3O2/c1-3-4-5-17(8-12(15)18)13(19)10-6-9(2)16-11(14)7-10/h6-7H,3-5,8H2,1-2H3,(H2,15,18). The van der Waals surface area contributed by atoms with Gasteiger partial charge in [0.25, 0.3) is 5.91 Å². The number of hydrogen-bond acceptors (Lipinski definition) is 3. The van der Waals surface area contributed by atoms with Crippen molar-refractivity contribution in [2.75, 3.05) is 13.1 Å². The van der Waals surface area contributed by atoms with Gasteiger partial charge in [0.2, 0.25) is 5.91 Å². The van der Waals surface area contributed by atoms with Crippen LogP contribution >= 0.6 is 11.6 Å². The summed E-state index contributed by atoms with van der Waals surface area (Å²) in [7, 11) is 0. The first-order chi connectivity index (χ1) is 8.93. The lowest BCUT2D eigenvalue weighted by Crippen LogP contribution is -2.39. The first-order valence-electron chi connectivity index (χ1n) is 6.15. The number of aromatic nitrogens is 1. The Morgan fingerprint density at radius 3 is 2.63 bits per heavy atom. The summed E-state index contributed by atoms with van der Waals surface area (Å²) in [4.78, 5) is 28.8. The molecular formula is C13H18ClN3O2. The minimum absolute atomic E-state index is 0.0855. The Labute approximate surface area is 117 Å². The van der Waals surface area contributed by atoms with E-state index in [0.29, 0.717) is 17.8 Å². The van der Waals surface area contributed by atoms with Crippen LogP contribution in [0, 0.1) is 6.92 Å². The van der Waals surface area contributed by atoms with E-state index in [1.807, 2.05) is 6.92 Å². The van der Waals surface area contributed by atoms with Crippen LogP contribution in [0.2, 0.25) is 5.15 Å². The molecule has 1 heterocycles. The second-order valence-corrected chi connectivity index (χ2v) is 4.75. The maximum absolute atomic E-state index is 12.3. The molecule has 0 aliphatic carbocycles. The molecule has 5 nitrogen and oxygen atoms in total. The van der Waals surface area contributed by atoms with Gasteiger partial charge in [-0.3, -0.25) is 9.59 Å². The molecule has 0 aromatic carbocycles. The Bertz CT molecular complexity index is 457. The molecule has 0 aliphatic heterocycles. The van der Waals surface area contributed by atoms with Gasteiger partial charge in [0.05, 0.1) is 6.54 Å². The summed E-state index contributed by atoms with van der Waals surface area (Å²) >= 11 is 5.84. The molecular weight excluding hydrogens is 266 g/mol. The number of primary amides is 1. The Kier molecular flexibility index (Phi) is 5.76. The van der Waals surface area contributed by atoms with Crippen LogP contribution in [0.1, 0.15) is 35.8 Å². The minimum atomic E-state index is -0.527. The molecule has 0 fully saturated rings. The predicted octanol–water partition coefficient (Wildman–Crippen LogP) is 1.77. The highest BCUT2D eigenvalue weighted by Gasteiger charge is 2.18. The number of rotatable bonds is 6. The van der Waals surface area contributed by atoms with Crippen molar-refractivity contribution in [3.8, 4) is 0 Å². The molecule has 104 valence electrons. The fraction of sp³-hybridized carbons (Fsp3) is 0.462. The van der Waals surface area contributed by atoms with Crippen LogP contribution in [0.3, 0.4) is 0 Å². The number of pyridine rings is 1. The van der Waals surface area contributed by atoms with Crippen LogP contribution in [0.5, 0.6) is 0 Å². The van der Waals surface area contributed by atoms with Gasteiger partial charge in [-0.2, -0.15) is 0 Å². The second kappa shape index (κ2) is 7.09. The van der Waals surface area contributed by atoms with E-state index >= 15 is 0 Å². The zero-order chi connectivity index (χ0) is 14.4. The van der Waals surface area contributed by atoms with Crippen LogP contribution < -0.4 is 5.73 Å². The molecule has 1 aromatic heterocycles. The summed E-state index contributed by atoms with van der Waals surface area (Å²) in [5.41, 5.74) is 6.25. The number of hydrogen-bond donors (Lipinski definition) is 1. The van der Waals surface area contributed by atoms with Crippen molar-refractivity contribution in [1.29, 1.82) is 0 Å². The quantitative estimate of drug-likeness (QED) is 0.809. The number of amides is 2. The zero-order valence-electron chi connectivity index (χ0n) is 11.1. The Morgan fingerprint density at radius 2 is 2.11 bits per heavy atom. The van der Waals surface area contributed by atoms with Crippen LogP contribution in [0.4, 0.5) is 0 Å². The van der Waals surface area contributed by atoms with Crippen molar-refractivity contribution in [3.63, 3.8) is 0 Å². The van der Waals surface area contributed by atoms with Gasteiger partial charge < -0.3 is 10.6 Å². The van der Waals surface area contributed by atoms with Crippen LogP contribution in [0.25, 0.3) is 0 Å². The number of unbranched alkanes of at least 4 members (excludes halogenated alkanes) is 1. The van der Waals surface area contributed by atoms with Crippen LogP contribution in [-0.4, -0.2) is 34.8 Å². The van der Waals surface area contributed by atoms with Gasteiger partial charge in [-0.1, -0.05) is 24.9 Å². The van der Waals surface area contributed by atoms with E-state index in [-0.39, 0.29) is 17.6 Å². The zero-order valence-corrected chi connectivity index (χ0v) is 11.9. The van der Waals surface area contributed by atoms with E-state index in [0.717, 1.165) is 12.8 Å². The monoisotopic (exact) mass is 283 g/mol. The summed E-state index contributed by atoms with van der Waals surface area (Å²) in [5.74, 6) is -0.777. The predicted molar refractivity (Wildman–Crippen MR) is 74.0 cm³/mol. The van der Waals surface area contributed by atoms with Gasteiger partial charge in [-0.15, -0.1) is 0 Å². The van der Waals surface area contributed by atoms with Crippen molar-refractivity contribution >= 4 is 23.4 Å². The molecule has 0 saturated heterocycles. The third-order valence-electron chi connectivity index (χ3n) is 2.58. The molecule has 0 unspecified atom stereocenters. The van der Waals surface area contributed by atoms with Crippen molar-refractivity contribution in [2.45, 2.75) is 26.7 Å². The maximum atomic E-state index is 12.3. The molecule has 19 heavy (non-hydrogen) atoms. The van der Waals surface area contributed by atoms with Crippen LogP contribution in [-0.2, 0) is 4.79 Å². The van der Waals surface area contributed by atoms with Crippen molar-refractivity contribution in [3.05, 3.63) is 28.5 Å². The van der Waals surface area contributed by atoms with Gasteiger partial charge in [0.15, 0.2) is 0 Å². The van der Waals surface area contributed by atoms with E-state index in [1.54, 1.807) is 13.0 Å². The summed E-state index contributed by atoms with van der Waals surface area (Å²) in [5, 5.41) is 0.262. The number of nitrogens with zero attached hydrogens (tertiary/aromatic N) is 2. The van der Waals surface area contributed by atoms with Gasteiger partial charge in [-0.25, -0.2) is 4.98 Å². The molecule has 6 heteroatoms. The van der Waals surface area contributed by atoms with E-state index in [2.05, 4.69) is 4.98 Å². The molecule has 1 rings (SSSR count). The number of carbonyl (C=O) groups excluding carboxylic acids is 2. The van der Waals surface area contributed by atoms with E-state index in [4.69, 9.17) is 17.3 Å². The summed E-state index contributed by atoms with van der Waals surface area (Å²) in [6.07, 6.45) is 1.75. The molecule has 0 bridgehead atoms. The van der Waals surface area contributed by atoms with Crippen molar-refractivity contribution in [1.82, 2.24) is 9.88 Å². The molecule has 2 N–H and O–H groups in total. The third kappa shape index (κ3) is 4.87. The first-order valence-corrected chi connectivity index (χ1v) is 6.53. The lowest BCUT2D eigenvalue weighted by atomic mass is 10.2. The number of carbonyl (C=O) groups is 2. The largest absolute Gasteiger partial charge is 0.368 e. The lowest BCUT2D eigenvalue weighted by Gasteiger charge is -2.21. The summed E-state index contributed by atoms with van der Waals surface area (Å²) < 4.78 is 0. The van der Waals surface area contributed by atoms with Gasteiger partial charge in [-0.05, 0) is 25.5 Å². The maximum Gasteiger partial charge on any atom is 0.254 e. The topological polar surface area (TPSA) is 76.3 Å². The molecule has 0 radical (unpaired) electrons. The first kappa shape index (κ1) is 15.4. The summed E-state index contributed by atoms with van der Waals surface area (Å²) in [6.45, 7) is 4.18. The third-order valence-corrected chi connectivity index (χ3v) is 2.78. The lowest BCUT2D eigenvalue weighted by molar-refractivity contribution is -0.118. The molecule has 2 amide bonds. The highest BCUT2D eigenvalue weighted by Crippen LogP contribution is 2.13. The number of aryl methyl sites for hydroxylation is 1. The minimum Gasteiger partial charge on any atom is -0.368 e. The second-order valence-electron chi connectivity index (χ2n) is 4.37. The van der Waals surface area contributed by atoms with Crippen molar-refractivity contribution < 1.29 is 9.59 Å². The van der Waals surface area contributed by atoms with Gasteiger partial charge in [0.1, 0.15) is 5.15 Å². The van der Waals surface area contributed by atoms with E-state index < -0.39 is 5.91 Å². The highest BCUT2D eigenvalue weighted by molar-refractivity contribution is 6.29. The number of nitrogens with two attached hydrogens (primary N) is 1. The van der Waals surface area contributed by atoms with Gasteiger partial charge >= 0.3 is 0 Å². The fourth-order valence-corrected chi connectivity index (χ4v) is 1.97. The smallest absolute Gasteiger partial charge is 0.254 e. The van der Waals surface area contributed by atoms with E-state index in [1.165, 1.54) is 11.0 Å². The molecule has 0 spiro atoms. The average molecular weight is 284 g/mol. The molecule has 0 aliphatic rings. The highest BCUT2D eigenvalue weighted by atomic mass is 35.5. The average Bonchev–Trinajstić information content (AvgIpc) is 2.32. The normalized spacial score (nSPS) is 10.3. The van der Waals surface area contributed by atoms with E-state index in [9.17, 15) is 9.59 Å². The Morgan fingerprint density at radius 1 is 1.42 bits per heavy atom. The van der Waals surface area contributed by atoms with Gasteiger partial charge in [0, 0.05) is 17.8 Å². The fourth-order valence-electron chi connectivity index (χ4n) is 1.72. The van der Waals surface area contributed by atoms with Crippen molar-refractivity contribution in [2.24, 2.45) is 5.73 Å². The Hall–Kier alpha value is -1.62. The number of halogens is 1. The summed E-state index contributed by atoms with van der Waals surface area (Å²) in [6, 6.07) is 3.14. The molecule has 1 aromatic rings. The van der Waals surface area contributed by atoms with Crippen LogP contribution in [0.15, 0.2) is 12.1 Å². The Balaban J connectivity index is 2.93.